The minimum absolute atomic E-state index is 0.00785. The highest BCUT2D eigenvalue weighted by Gasteiger charge is 2.21. The molecule has 1 N–H and O–H groups in total. The minimum Gasteiger partial charge on any atom is -0.337 e. The van der Waals surface area contributed by atoms with Crippen molar-refractivity contribution < 1.29 is 4.79 Å². The van der Waals surface area contributed by atoms with E-state index in [1.807, 2.05) is 4.90 Å². The van der Waals surface area contributed by atoms with Gasteiger partial charge in [0.2, 0.25) is 0 Å². The van der Waals surface area contributed by atoms with Crippen molar-refractivity contribution in [3.05, 3.63) is 24.3 Å². The summed E-state index contributed by atoms with van der Waals surface area (Å²) in [5.74, 6) is 0.613. The lowest BCUT2D eigenvalue weighted by atomic mass is 9.97. The van der Waals surface area contributed by atoms with Gasteiger partial charge in [0.1, 0.15) is 5.69 Å². The maximum atomic E-state index is 12.4. The Bertz CT molecular complexity index is 390. The molecule has 0 radical (unpaired) electrons. The van der Waals surface area contributed by atoms with E-state index < -0.39 is 0 Å². The second kappa shape index (κ2) is 7.19. The van der Waals surface area contributed by atoms with Gasteiger partial charge in [0.25, 0.3) is 5.91 Å². The van der Waals surface area contributed by atoms with E-state index in [-0.39, 0.29) is 5.91 Å². The third-order valence-electron chi connectivity index (χ3n) is 3.50. The number of nitrogens with one attached hydrogen (secondary N) is 1. The van der Waals surface area contributed by atoms with Crippen molar-refractivity contribution >= 4 is 5.91 Å². The third-order valence-corrected chi connectivity index (χ3v) is 3.50. The quantitative estimate of drug-likeness (QED) is 0.869. The van der Waals surface area contributed by atoms with Crippen molar-refractivity contribution in [2.24, 2.45) is 5.92 Å². The first-order valence-electron chi connectivity index (χ1n) is 7.07. The van der Waals surface area contributed by atoms with Gasteiger partial charge in [-0.2, -0.15) is 0 Å². The minimum atomic E-state index is 0.00785. The monoisotopic (exact) mass is 262 g/mol. The number of carbonyl (C=O) groups is 1. The van der Waals surface area contributed by atoms with Gasteiger partial charge in [0.15, 0.2) is 0 Å². The summed E-state index contributed by atoms with van der Waals surface area (Å²) < 4.78 is 0. The van der Waals surface area contributed by atoms with Gasteiger partial charge in [0.05, 0.1) is 6.20 Å². The lowest BCUT2D eigenvalue weighted by Crippen LogP contribution is -2.40. The summed E-state index contributed by atoms with van der Waals surface area (Å²) in [5.41, 5.74) is 0.449. The summed E-state index contributed by atoms with van der Waals surface area (Å²) in [6.45, 7) is 5.84. The molecule has 0 spiro atoms. The number of hydrogen-bond acceptors (Lipinski definition) is 4. The van der Waals surface area contributed by atoms with Crippen LogP contribution in [0, 0.1) is 5.92 Å². The lowest BCUT2D eigenvalue weighted by Gasteiger charge is -2.29. The van der Waals surface area contributed by atoms with Crippen molar-refractivity contribution in [3.63, 3.8) is 0 Å². The van der Waals surface area contributed by atoms with Crippen molar-refractivity contribution in [2.45, 2.75) is 26.2 Å². The van der Waals surface area contributed by atoms with Crippen molar-refractivity contribution in [1.29, 1.82) is 0 Å². The van der Waals surface area contributed by atoms with E-state index in [9.17, 15) is 4.79 Å². The van der Waals surface area contributed by atoms with Gasteiger partial charge in [-0.15, -0.1) is 0 Å². The Kier molecular flexibility index (Phi) is 5.27. The molecule has 19 heavy (non-hydrogen) atoms. The SMILES string of the molecule is CCCN(CC1CCNCC1)C(=O)c1cnccn1. The fourth-order valence-electron chi connectivity index (χ4n) is 2.49. The number of amides is 1. The molecule has 0 aromatic carbocycles. The Balaban J connectivity index is 2.00. The van der Waals surface area contributed by atoms with Crippen molar-refractivity contribution in [2.75, 3.05) is 26.2 Å². The Hall–Kier alpha value is -1.49. The molecule has 0 aliphatic carbocycles. The van der Waals surface area contributed by atoms with Crippen LogP contribution in [0.2, 0.25) is 0 Å². The standard InChI is InChI=1S/C14H22N4O/c1-2-9-18(11-12-3-5-15-6-4-12)14(19)13-10-16-7-8-17-13/h7-8,10,12,15H,2-6,9,11H2,1H3. The van der Waals surface area contributed by atoms with Crippen LogP contribution in [-0.2, 0) is 0 Å². The Morgan fingerprint density at radius 1 is 1.42 bits per heavy atom. The zero-order valence-electron chi connectivity index (χ0n) is 11.5. The van der Waals surface area contributed by atoms with Crippen molar-refractivity contribution in [3.8, 4) is 0 Å². The van der Waals surface area contributed by atoms with Crippen LogP contribution in [0.25, 0.3) is 0 Å². The van der Waals surface area contributed by atoms with Gasteiger partial charge >= 0.3 is 0 Å². The van der Waals surface area contributed by atoms with Gasteiger partial charge in [-0.25, -0.2) is 4.98 Å². The highest BCUT2D eigenvalue weighted by Crippen LogP contribution is 2.15. The van der Waals surface area contributed by atoms with Crippen LogP contribution in [0.1, 0.15) is 36.7 Å². The summed E-state index contributed by atoms with van der Waals surface area (Å²) in [5, 5.41) is 3.36. The average molecular weight is 262 g/mol. The van der Waals surface area contributed by atoms with Crippen LogP contribution < -0.4 is 5.32 Å². The van der Waals surface area contributed by atoms with E-state index in [4.69, 9.17) is 0 Å². The molecule has 104 valence electrons. The molecule has 2 heterocycles. The molecule has 0 unspecified atom stereocenters. The Morgan fingerprint density at radius 2 is 2.21 bits per heavy atom. The summed E-state index contributed by atoms with van der Waals surface area (Å²) >= 11 is 0. The van der Waals surface area contributed by atoms with E-state index in [2.05, 4.69) is 22.2 Å². The molecule has 0 bridgehead atoms. The number of carbonyl (C=O) groups excluding carboxylic acids is 1. The fourth-order valence-corrected chi connectivity index (χ4v) is 2.49. The zero-order chi connectivity index (χ0) is 13.5. The van der Waals surface area contributed by atoms with E-state index in [1.165, 1.54) is 0 Å². The van der Waals surface area contributed by atoms with E-state index in [0.29, 0.717) is 11.6 Å². The van der Waals surface area contributed by atoms with Gasteiger partial charge < -0.3 is 10.2 Å². The molecule has 1 aliphatic rings. The van der Waals surface area contributed by atoms with Gasteiger partial charge in [-0.3, -0.25) is 9.78 Å². The molecule has 2 rings (SSSR count). The van der Waals surface area contributed by atoms with Gasteiger partial charge in [0, 0.05) is 25.5 Å². The van der Waals surface area contributed by atoms with Crippen LogP contribution >= 0.6 is 0 Å². The molecule has 1 saturated heterocycles. The van der Waals surface area contributed by atoms with E-state index >= 15 is 0 Å². The largest absolute Gasteiger partial charge is 0.337 e. The Labute approximate surface area is 114 Å². The topological polar surface area (TPSA) is 58.1 Å². The highest BCUT2D eigenvalue weighted by atomic mass is 16.2. The average Bonchev–Trinajstić information content (AvgIpc) is 2.48. The molecule has 1 aromatic heterocycles. The normalized spacial score (nSPS) is 16.3. The summed E-state index contributed by atoms with van der Waals surface area (Å²) in [7, 11) is 0. The molecule has 0 atom stereocenters. The fraction of sp³-hybridized carbons (Fsp3) is 0.643. The van der Waals surface area contributed by atoms with Crippen LogP contribution in [0.15, 0.2) is 18.6 Å². The summed E-state index contributed by atoms with van der Waals surface area (Å²) in [6, 6.07) is 0. The molecule has 1 amide bonds. The maximum Gasteiger partial charge on any atom is 0.274 e. The first kappa shape index (κ1) is 13.9. The van der Waals surface area contributed by atoms with E-state index in [1.54, 1.807) is 18.6 Å². The number of rotatable bonds is 5. The van der Waals surface area contributed by atoms with Crippen LogP contribution in [-0.4, -0.2) is 47.0 Å². The smallest absolute Gasteiger partial charge is 0.274 e. The number of aromatic nitrogens is 2. The summed E-state index contributed by atoms with van der Waals surface area (Å²) in [4.78, 5) is 22.4. The molecule has 5 nitrogen and oxygen atoms in total. The molecule has 0 saturated carbocycles. The van der Waals surface area contributed by atoms with Crippen molar-refractivity contribution in [1.82, 2.24) is 20.2 Å². The molecule has 5 heteroatoms. The zero-order valence-corrected chi connectivity index (χ0v) is 11.5. The van der Waals surface area contributed by atoms with Crippen LogP contribution in [0.5, 0.6) is 0 Å². The molecular formula is C14H22N4O. The molecule has 1 aliphatic heterocycles. The van der Waals surface area contributed by atoms with Gasteiger partial charge in [-0.1, -0.05) is 6.92 Å². The Morgan fingerprint density at radius 3 is 2.84 bits per heavy atom. The summed E-state index contributed by atoms with van der Waals surface area (Å²) in [6.07, 6.45) is 7.97. The second-order valence-corrected chi connectivity index (χ2v) is 5.04. The number of hydrogen-bond donors (Lipinski definition) is 1. The van der Waals surface area contributed by atoms with E-state index in [0.717, 1.165) is 45.4 Å². The van der Waals surface area contributed by atoms with Crippen LogP contribution in [0.4, 0.5) is 0 Å². The van der Waals surface area contributed by atoms with Crippen LogP contribution in [0.3, 0.4) is 0 Å². The third kappa shape index (κ3) is 3.99. The highest BCUT2D eigenvalue weighted by molar-refractivity contribution is 5.91. The molecular weight excluding hydrogens is 240 g/mol. The van der Waals surface area contributed by atoms with Gasteiger partial charge in [-0.05, 0) is 38.3 Å². The lowest BCUT2D eigenvalue weighted by molar-refractivity contribution is 0.0710. The molecule has 1 aromatic rings. The predicted molar refractivity (Wildman–Crippen MR) is 73.8 cm³/mol. The first-order chi connectivity index (χ1) is 9.31. The first-order valence-corrected chi connectivity index (χ1v) is 7.07. The molecule has 1 fully saturated rings. The number of piperidine rings is 1. The number of nitrogens with zero attached hydrogens (tertiary/aromatic N) is 3. The second-order valence-electron chi connectivity index (χ2n) is 5.04. The predicted octanol–water partition coefficient (Wildman–Crippen LogP) is 1.33. The maximum absolute atomic E-state index is 12.4.